The highest BCUT2D eigenvalue weighted by Gasteiger charge is 2.15. The third-order valence-electron chi connectivity index (χ3n) is 4.55. The largest absolute Gasteiger partial charge is 0.497 e. The van der Waals surface area contributed by atoms with Gasteiger partial charge in [0.05, 0.1) is 12.6 Å². The number of imidazole rings is 1. The maximum Gasteiger partial charge on any atom is 0.162 e. The highest BCUT2D eigenvalue weighted by atomic mass is 16.6. The number of anilines is 2. The molecule has 2 aromatic heterocycles. The van der Waals surface area contributed by atoms with E-state index in [4.69, 9.17) is 19.2 Å². The number of aromatic amines is 1. The maximum absolute atomic E-state index is 5.68. The zero-order valence-electron chi connectivity index (χ0n) is 15.2. The van der Waals surface area contributed by atoms with E-state index < -0.39 is 0 Å². The van der Waals surface area contributed by atoms with E-state index in [1.54, 1.807) is 13.3 Å². The fraction of sp³-hybridized carbons (Fsp3) is 0.143. The molecule has 1 aliphatic heterocycles. The molecule has 0 radical (unpaired) electrons. The second-order valence-electron chi connectivity index (χ2n) is 6.36. The van der Waals surface area contributed by atoms with Crippen LogP contribution in [0, 0.1) is 0 Å². The van der Waals surface area contributed by atoms with Crippen LogP contribution in [0.4, 0.5) is 11.5 Å². The van der Waals surface area contributed by atoms with Gasteiger partial charge >= 0.3 is 0 Å². The molecule has 0 spiro atoms. The molecule has 0 aliphatic carbocycles. The lowest BCUT2D eigenvalue weighted by molar-refractivity contribution is 0.171. The Morgan fingerprint density at radius 1 is 1.04 bits per heavy atom. The zero-order valence-corrected chi connectivity index (χ0v) is 15.2. The lowest BCUT2D eigenvalue weighted by Crippen LogP contribution is -2.15. The SMILES string of the molecule is COc1cccc(Nc2nccc3[nH]c(-c4ccc5c(c4)OCCO5)nc23)c1. The van der Waals surface area contributed by atoms with Crippen molar-refractivity contribution in [3.05, 3.63) is 54.7 Å². The zero-order chi connectivity index (χ0) is 18.9. The van der Waals surface area contributed by atoms with E-state index in [0.29, 0.717) is 19.0 Å². The van der Waals surface area contributed by atoms with Crippen LogP contribution in [0.5, 0.6) is 17.2 Å². The standard InChI is InChI=1S/C21H18N4O3/c1-26-15-4-2-3-14(12-15)23-21-19-16(7-8-22-21)24-20(25-19)13-5-6-17-18(11-13)28-10-9-27-17/h2-8,11-12H,9-10H2,1H3,(H,22,23)(H,24,25). The normalized spacial score (nSPS) is 12.8. The summed E-state index contributed by atoms with van der Waals surface area (Å²) in [4.78, 5) is 12.6. The summed E-state index contributed by atoms with van der Waals surface area (Å²) >= 11 is 0. The Labute approximate surface area is 161 Å². The average Bonchev–Trinajstić information content (AvgIpc) is 3.19. The van der Waals surface area contributed by atoms with Gasteiger partial charge in [0.15, 0.2) is 17.3 Å². The van der Waals surface area contributed by atoms with E-state index in [-0.39, 0.29) is 0 Å². The van der Waals surface area contributed by atoms with Crippen molar-refractivity contribution >= 4 is 22.5 Å². The number of fused-ring (bicyclic) bond motifs is 2. The molecular formula is C21H18N4O3. The van der Waals surface area contributed by atoms with Gasteiger partial charge in [0.2, 0.25) is 0 Å². The molecule has 0 bridgehead atoms. The Balaban J connectivity index is 1.52. The van der Waals surface area contributed by atoms with E-state index in [1.165, 1.54) is 0 Å². The van der Waals surface area contributed by atoms with E-state index in [1.807, 2.05) is 48.5 Å². The Kier molecular flexibility index (Phi) is 3.97. The fourth-order valence-corrected chi connectivity index (χ4v) is 3.19. The quantitative estimate of drug-likeness (QED) is 0.559. The summed E-state index contributed by atoms with van der Waals surface area (Å²) in [6, 6.07) is 15.4. The summed E-state index contributed by atoms with van der Waals surface area (Å²) in [5.74, 6) is 3.68. The Bertz CT molecular complexity index is 1160. The first-order valence-electron chi connectivity index (χ1n) is 8.96. The molecule has 28 heavy (non-hydrogen) atoms. The van der Waals surface area contributed by atoms with Crippen molar-refractivity contribution in [1.29, 1.82) is 0 Å². The molecule has 2 N–H and O–H groups in total. The number of nitrogens with zero attached hydrogens (tertiary/aromatic N) is 2. The van der Waals surface area contributed by atoms with Gasteiger partial charge in [0.1, 0.15) is 30.3 Å². The van der Waals surface area contributed by atoms with Gasteiger partial charge in [-0.25, -0.2) is 9.97 Å². The number of nitrogens with one attached hydrogen (secondary N) is 2. The topological polar surface area (TPSA) is 81.3 Å². The van der Waals surface area contributed by atoms with E-state index >= 15 is 0 Å². The molecule has 7 heteroatoms. The molecule has 0 fully saturated rings. The summed E-state index contributed by atoms with van der Waals surface area (Å²) in [5, 5.41) is 3.32. The molecule has 4 aromatic rings. The molecule has 1 aliphatic rings. The van der Waals surface area contributed by atoms with Crippen LogP contribution in [0.15, 0.2) is 54.7 Å². The van der Waals surface area contributed by atoms with E-state index in [2.05, 4.69) is 15.3 Å². The second kappa shape index (κ2) is 6.77. The van der Waals surface area contributed by atoms with E-state index in [0.717, 1.165) is 45.4 Å². The molecule has 5 rings (SSSR count). The molecule has 0 atom stereocenters. The predicted molar refractivity (Wildman–Crippen MR) is 107 cm³/mol. The molecule has 0 amide bonds. The van der Waals surface area contributed by atoms with Gasteiger partial charge in [0.25, 0.3) is 0 Å². The van der Waals surface area contributed by atoms with Crippen molar-refractivity contribution in [3.8, 4) is 28.6 Å². The van der Waals surface area contributed by atoms with Crippen molar-refractivity contribution in [3.63, 3.8) is 0 Å². The monoisotopic (exact) mass is 374 g/mol. The van der Waals surface area contributed by atoms with Gasteiger partial charge in [-0.15, -0.1) is 0 Å². The fourth-order valence-electron chi connectivity index (χ4n) is 3.19. The maximum atomic E-state index is 5.68. The number of pyridine rings is 1. The molecule has 7 nitrogen and oxygen atoms in total. The Morgan fingerprint density at radius 3 is 2.82 bits per heavy atom. The lowest BCUT2D eigenvalue weighted by atomic mass is 10.2. The van der Waals surface area contributed by atoms with Crippen molar-refractivity contribution in [2.45, 2.75) is 0 Å². The number of rotatable bonds is 4. The van der Waals surface area contributed by atoms with Crippen LogP contribution in [0.2, 0.25) is 0 Å². The molecule has 0 saturated carbocycles. The summed E-state index contributed by atoms with van der Waals surface area (Å²) < 4.78 is 16.6. The van der Waals surface area contributed by atoms with Crippen LogP contribution < -0.4 is 19.5 Å². The molecule has 0 unspecified atom stereocenters. The number of aromatic nitrogens is 3. The van der Waals surface area contributed by atoms with Crippen LogP contribution in [-0.2, 0) is 0 Å². The van der Waals surface area contributed by atoms with Gasteiger partial charge in [0, 0.05) is 23.5 Å². The van der Waals surface area contributed by atoms with Crippen LogP contribution in [0.25, 0.3) is 22.4 Å². The molecule has 0 saturated heterocycles. The van der Waals surface area contributed by atoms with Crippen LogP contribution in [0.3, 0.4) is 0 Å². The smallest absolute Gasteiger partial charge is 0.162 e. The van der Waals surface area contributed by atoms with Gasteiger partial charge in [-0.2, -0.15) is 0 Å². The van der Waals surface area contributed by atoms with Gasteiger partial charge < -0.3 is 24.5 Å². The number of methoxy groups -OCH3 is 1. The highest BCUT2D eigenvalue weighted by molar-refractivity contribution is 5.90. The Morgan fingerprint density at radius 2 is 1.93 bits per heavy atom. The minimum atomic E-state index is 0.551. The van der Waals surface area contributed by atoms with Crippen LogP contribution >= 0.6 is 0 Å². The van der Waals surface area contributed by atoms with Crippen LogP contribution in [-0.4, -0.2) is 35.3 Å². The lowest BCUT2D eigenvalue weighted by Gasteiger charge is -2.18. The number of hydrogen-bond acceptors (Lipinski definition) is 6. The first-order chi connectivity index (χ1) is 13.8. The number of H-pyrrole nitrogens is 1. The van der Waals surface area contributed by atoms with E-state index in [9.17, 15) is 0 Å². The van der Waals surface area contributed by atoms with Crippen molar-refractivity contribution in [1.82, 2.24) is 15.0 Å². The van der Waals surface area contributed by atoms with Crippen molar-refractivity contribution in [2.75, 3.05) is 25.6 Å². The van der Waals surface area contributed by atoms with Gasteiger partial charge in [-0.1, -0.05) is 6.07 Å². The minimum Gasteiger partial charge on any atom is -0.497 e. The van der Waals surface area contributed by atoms with Crippen LogP contribution in [0.1, 0.15) is 0 Å². The highest BCUT2D eigenvalue weighted by Crippen LogP contribution is 2.35. The second-order valence-corrected chi connectivity index (χ2v) is 6.36. The molecule has 2 aromatic carbocycles. The molecule has 140 valence electrons. The first kappa shape index (κ1) is 16.4. The van der Waals surface area contributed by atoms with Crippen molar-refractivity contribution < 1.29 is 14.2 Å². The summed E-state index contributed by atoms with van der Waals surface area (Å²) in [7, 11) is 1.64. The van der Waals surface area contributed by atoms with Crippen molar-refractivity contribution in [2.24, 2.45) is 0 Å². The molecule has 3 heterocycles. The van der Waals surface area contributed by atoms with Gasteiger partial charge in [-0.3, -0.25) is 0 Å². The average molecular weight is 374 g/mol. The third kappa shape index (κ3) is 2.96. The molecular weight excluding hydrogens is 356 g/mol. The third-order valence-corrected chi connectivity index (χ3v) is 4.55. The minimum absolute atomic E-state index is 0.551. The van der Waals surface area contributed by atoms with Gasteiger partial charge in [-0.05, 0) is 36.4 Å². The number of hydrogen-bond donors (Lipinski definition) is 2. The predicted octanol–water partition coefficient (Wildman–Crippen LogP) is 4.15. The summed E-state index contributed by atoms with van der Waals surface area (Å²) in [5.41, 5.74) is 3.46. The summed E-state index contributed by atoms with van der Waals surface area (Å²) in [6.45, 7) is 1.12. The number of benzene rings is 2. The Hall–Kier alpha value is -3.74. The summed E-state index contributed by atoms with van der Waals surface area (Å²) in [6.07, 6.45) is 1.75. The number of ether oxygens (including phenoxy) is 3. The first-order valence-corrected chi connectivity index (χ1v) is 8.96.